The van der Waals surface area contributed by atoms with Crippen LogP contribution in [0.2, 0.25) is 0 Å². The maximum atomic E-state index is 14.1. The van der Waals surface area contributed by atoms with Gasteiger partial charge in [-0.15, -0.1) is 0 Å². The molecule has 2 aromatic rings. The summed E-state index contributed by atoms with van der Waals surface area (Å²) in [4.78, 5) is 74.8. The zero-order valence-corrected chi connectivity index (χ0v) is 28.1. The van der Waals surface area contributed by atoms with E-state index >= 15 is 0 Å². The van der Waals surface area contributed by atoms with Crippen LogP contribution >= 0.6 is 0 Å². The van der Waals surface area contributed by atoms with E-state index in [0.717, 1.165) is 29.3 Å². The molecule has 2 aliphatic rings. The molecule has 0 radical (unpaired) electrons. The standard InChI is InChI=1S/C35H51N5O7/c1-5-22(3)32-31(43)21-39-18-12-11-16-28(39)35(46)36-25(14-8-10-17-30(42)29(41)6-2)33(44)37-26(34(45)38-32)19-23-20-40(47-4)27-15-9-7-13-24(23)27/h7,9,13,15,20,22,25-26,28,30,32,42H,5-6,8,10-12,14,16-19,21H2,1-4H3,(H,36,46)(H,37,44)(H,38,45)/t22-,25-,26-,28+,30?,32-/m0/s1. The first kappa shape index (κ1) is 36.1. The van der Waals surface area contributed by atoms with E-state index < -0.39 is 42.1 Å². The van der Waals surface area contributed by atoms with Crippen LogP contribution in [0.15, 0.2) is 30.5 Å². The molecule has 0 bridgehead atoms. The number of para-hydroxylation sites is 1. The number of aliphatic hydroxyl groups excluding tert-OH is 1. The minimum absolute atomic E-state index is 0.0226. The summed E-state index contributed by atoms with van der Waals surface area (Å²) in [6, 6.07) is 4.22. The number of rotatable bonds is 12. The molecular formula is C35H51N5O7. The molecule has 47 heavy (non-hydrogen) atoms. The Balaban J connectivity index is 1.67. The van der Waals surface area contributed by atoms with Crippen molar-refractivity contribution >= 4 is 40.2 Å². The molecule has 12 nitrogen and oxygen atoms in total. The first-order valence-electron chi connectivity index (χ1n) is 17.1. The molecule has 2 saturated heterocycles. The number of nitrogens with one attached hydrogen (secondary N) is 3. The molecule has 12 heteroatoms. The highest BCUT2D eigenvalue weighted by Crippen LogP contribution is 2.23. The Morgan fingerprint density at radius 1 is 1.00 bits per heavy atom. The number of aliphatic hydroxyl groups is 1. The number of aromatic nitrogens is 1. The fraction of sp³-hybridized carbons (Fsp3) is 0.629. The lowest BCUT2D eigenvalue weighted by molar-refractivity contribution is -0.134. The second-order valence-corrected chi connectivity index (χ2v) is 12.9. The largest absolute Gasteiger partial charge is 0.417 e. The van der Waals surface area contributed by atoms with Crippen molar-refractivity contribution in [1.29, 1.82) is 0 Å². The van der Waals surface area contributed by atoms with Crippen molar-refractivity contribution in [3.63, 3.8) is 0 Å². The molecule has 1 aromatic carbocycles. The highest BCUT2D eigenvalue weighted by Gasteiger charge is 2.38. The zero-order chi connectivity index (χ0) is 34.1. The van der Waals surface area contributed by atoms with Gasteiger partial charge in [0, 0.05) is 24.4 Å². The lowest BCUT2D eigenvalue weighted by Crippen LogP contribution is -2.57. The highest BCUT2D eigenvalue weighted by atomic mass is 16.6. The predicted octanol–water partition coefficient (Wildman–Crippen LogP) is 2.08. The molecule has 3 heterocycles. The van der Waals surface area contributed by atoms with E-state index in [1.54, 1.807) is 25.0 Å². The number of carbonyl (C=O) groups is 5. The van der Waals surface area contributed by atoms with Gasteiger partial charge in [-0.05, 0) is 49.8 Å². The minimum atomic E-state index is -1.06. The van der Waals surface area contributed by atoms with E-state index in [-0.39, 0.29) is 55.6 Å². The molecule has 4 rings (SSSR count). The molecule has 2 aliphatic heterocycles. The number of Topliss-reactive ketones (excluding diaryl/α,β-unsaturated/α-hetero) is 2. The average Bonchev–Trinajstić information content (AvgIpc) is 3.44. The summed E-state index contributed by atoms with van der Waals surface area (Å²) in [7, 11) is 1.55. The fourth-order valence-electron chi connectivity index (χ4n) is 6.66. The molecular weight excluding hydrogens is 602 g/mol. The molecule has 258 valence electrons. The Kier molecular flexibility index (Phi) is 12.9. The third-order valence-corrected chi connectivity index (χ3v) is 9.72. The van der Waals surface area contributed by atoms with Crippen LogP contribution in [0.5, 0.6) is 0 Å². The van der Waals surface area contributed by atoms with E-state index in [2.05, 4.69) is 16.0 Å². The van der Waals surface area contributed by atoms with Gasteiger partial charge in [0.25, 0.3) is 0 Å². The smallest absolute Gasteiger partial charge is 0.243 e. The number of benzene rings is 1. The molecule has 3 amide bonds. The molecule has 6 atom stereocenters. The summed E-state index contributed by atoms with van der Waals surface area (Å²) >= 11 is 0. The summed E-state index contributed by atoms with van der Waals surface area (Å²) in [5.41, 5.74) is 1.57. The van der Waals surface area contributed by atoms with E-state index in [4.69, 9.17) is 4.84 Å². The van der Waals surface area contributed by atoms with Gasteiger partial charge in [0.1, 0.15) is 25.3 Å². The third kappa shape index (κ3) is 8.98. The summed E-state index contributed by atoms with van der Waals surface area (Å²) in [6.07, 6.45) is 5.43. The maximum absolute atomic E-state index is 14.1. The number of ketones is 2. The van der Waals surface area contributed by atoms with Gasteiger partial charge in [-0.25, -0.2) is 0 Å². The number of carbonyl (C=O) groups excluding carboxylic acids is 5. The molecule has 1 unspecified atom stereocenters. The monoisotopic (exact) mass is 653 g/mol. The lowest BCUT2D eigenvalue weighted by atomic mass is 9.93. The maximum Gasteiger partial charge on any atom is 0.243 e. The highest BCUT2D eigenvalue weighted by molar-refractivity contribution is 5.97. The van der Waals surface area contributed by atoms with Crippen molar-refractivity contribution < 1.29 is 33.9 Å². The van der Waals surface area contributed by atoms with E-state index in [9.17, 15) is 29.1 Å². The summed E-state index contributed by atoms with van der Waals surface area (Å²) in [6.45, 7) is 6.17. The Hall–Kier alpha value is -3.77. The first-order chi connectivity index (χ1) is 22.6. The topological polar surface area (TPSA) is 159 Å². The van der Waals surface area contributed by atoms with E-state index in [1.807, 2.05) is 43.0 Å². The van der Waals surface area contributed by atoms with Crippen molar-refractivity contribution in [2.24, 2.45) is 5.92 Å². The van der Waals surface area contributed by atoms with Crippen LogP contribution in [-0.4, -0.2) is 94.5 Å². The summed E-state index contributed by atoms with van der Waals surface area (Å²) in [5.74, 6) is -1.87. The van der Waals surface area contributed by atoms with Gasteiger partial charge in [-0.2, -0.15) is 4.73 Å². The van der Waals surface area contributed by atoms with Crippen molar-refractivity contribution in [1.82, 2.24) is 25.6 Å². The van der Waals surface area contributed by atoms with Gasteiger partial charge in [0.05, 0.1) is 24.1 Å². The predicted molar refractivity (Wildman–Crippen MR) is 177 cm³/mol. The number of nitrogens with zero attached hydrogens (tertiary/aromatic N) is 2. The van der Waals surface area contributed by atoms with Crippen molar-refractivity contribution in [3.8, 4) is 0 Å². The molecule has 0 spiro atoms. The van der Waals surface area contributed by atoms with E-state index in [0.29, 0.717) is 32.2 Å². The van der Waals surface area contributed by atoms with Gasteiger partial charge in [0.2, 0.25) is 17.7 Å². The van der Waals surface area contributed by atoms with Gasteiger partial charge >= 0.3 is 0 Å². The lowest BCUT2D eigenvalue weighted by Gasteiger charge is -2.36. The Labute approximate surface area is 276 Å². The van der Waals surface area contributed by atoms with Crippen LogP contribution in [0.4, 0.5) is 0 Å². The van der Waals surface area contributed by atoms with Crippen LogP contribution in [-0.2, 0) is 30.4 Å². The van der Waals surface area contributed by atoms with Crippen LogP contribution in [0.25, 0.3) is 10.9 Å². The quantitative estimate of drug-likeness (QED) is 0.254. The Bertz CT molecular complexity index is 1420. The zero-order valence-electron chi connectivity index (χ0n) is 28.1. The Morgan fingerprint density at radius 3 is 2.45 bits per heavy atom. The Morgan fingerprint density at radius 2 is 1.72 bits per heavy atom. The molecule has 1 aromatic heterocycles. The number of fused-ring (bicyclic) bond motifs is 2. The second kappa shape index (κ2) is 16.9. The number of hydrogen-bond acceptors (Lipinski definition) is 8. The SMILES string of the molecule is CCC(=O)C(O)CCCC[C@@H]1NC(=O)[C@H]2CCCCN2CC(=O)[C@H]([C@@H](C)CC)NC(=O)[C@H](Cc2cn(OC)c3ccccc23)NC1=O. The number of piperidine rings is 1. The van der Waals surface area contributed by atoms with Crippen molar-refractivity contribution in [2.45, 2.75) is 115 Å². The number of hydrogen-bond donors (Lipinski definition) is 4. The average molecular weight is 654 g/mol. The minimum Gasteiger partial charge on any atom is -0.417 e. The molecule has 0 saturated carbocycles. The van der Waals surface area contributed by atoms with Gasteiger partial charge in [-0.1, -0.05) is 64.7 Å². The van der Waals surface area contributed by atoms with E-state index in [1.165, 1.54) is 0 Å². The van der Waals surface area contributed by atoms with Crippen molar-refractivity contribution in [3.05, 3.63) is 36.0 Å². The number of amides is 3. The molecule has 0 aliphatic carbocycles. The number of unbranched alkanes of at least 4 members (excludes halogenated alkanes) is 1. The van der Waals surface area contributed by atoms with Gasteiger partial charge in [-0.3, -0.25) is 28.9 Å². The van der Waals surface area contributed by atoms with Crippen LogP contribution in [0, 0.1) is 5.92 Å². The summed E-state index contributed by atoms with van der Waals surface area (Å²) in [5, 5.41) is 19.8. The van der Waals surface area contributed by atoms with Crippen LogP contribution in [0.1, 0.15) is 84.1 Å². The third-order valence-electron chi connectivity index (χ3n) is 9.72. The molecule has 4 N–H and O–H groups in total. The van der Waals surface area contributed by atoms with Crippen LogP contribution < -0.4 is 20.8 Å². The summed E-state index contributed by atoms with van der Waals surface area (Å²) < 4.78 is 1.60. The van der Waals surface area contributed by atoms with Crippen molar-refractivity contribution in [2.75, 3.05) is 20.2 Å². The molecule has 2 fully saturated rings. The fourth-order valence-corrected chi connectivity index (χ4v) is 6.66. The van der Waals surface area contributed by atoms with Crippen LogP contribution in [0.3, 0.4) is 0 Å². The first-order valence-corrected chi connectivity index (χ1v) is 17.1. The normalized spacial score (nSPS) is 24.5. The second-order valence-electron chi connectivity index (χ2n) is 12.9. The van der Waals surface area contributed by atoms with Gasteiger partial charge in [0.15, 0.2) is 11.6 Å². The van der Waals surface area contributed by atoms with Gasteiger partial charge < -0.3 is 25.9 Å².